The lowest BCUT2D eigenvalue weighted by Gasteiger charge is -2.09. The van der Waals surface area contributed by atoms with E-state index in [1.807, 2.05) is 13.8 Å². The number of rotatable bonds is 5. The summed E-state index contributed by atoms with van der Waals surface area (Å²) in [5.41, 5.74) is 1.17. The van der Waals surface area contributed by atoms with E-state index in [0.29, 0.717) is 12.1 Å². The lowest BCUT2D eigenvalue weighted by molar-refractivity contribution is 0.275. The maximum absolute atomic E-state index is 13.2. The molecule has 0 spiro atoms. The van der Waals surface area contributed by atoms with E-state index in [2.05, 4.69) is 15.6 Å². The highest BCUT2D eigenvalue weighted by Crippen LogP contribution is 2.11. The fourth-order valence-electron chi connectivity index (χ4n) is 1.53. The second-order valence-corrected chi connectivity index (χ2v) is 3.81. The Morgan fingerprint density at radius 2 is 1.89 bits per heavy atom. The highest BCUT2D eigenvalue weighted by Gasteiger charge is 2.02. The van der Waals surface area contributed by atoms with Crippen LogP contribution in [0.3, 0.4) is 0 Å². The summed E-state index contributed by atoms with van der Waals surface area (Å²) in [7, 11) is 0. The third-order valence-corrected chi connectivity index (χ3v) is 2.39. The minimum Gasteiger partial charge on any atom is -0.392 e. The van der Waals surface area contributed by atoms with Gasteiger partial charge in [-0.25, -0.2) is 9.38 Å². The fourth-order valence-corrected chi connectivity index (χ4v) is 1.53. The first-order valence-corrected chi connectivity index (χ1v) is 6.11. The van der Waals surface area contributed by atoms with Crippen molar-refractivity contribution in [2.24, 2.45) is 4.99 Å². The van der Waals surface area contributed by atoms with Gasteiger partial charge in [0.25, 0.3) is 0 Å². The van der Waals surface area contributed by atoms with E-state index in [1.165, 1.54) is 6.07 Å². The molecule has 0 aromatic heterocycles. The molecule has 0 saturated heterocycles. The first-order chi connectivity index (χ1) is 8.71. The zero-order chi connectivity index (χ0) is 13.4. The largest absolute Gasteiger partial charge is 0.392 e. The molecule has 0 amide bonds. The molecule has 0 atom stereocenters. The van der Waals surface area contributed by atoms with E-state index in [-0.39, 0.29) is 36.4 Å². The van der Waals surface area contributed by atoms with Gasteiger partial charge in [-0.1, -0.05) is 6.07 Å². The number of hydrogen-bond acceptors (Lipinski definition) is 2. The van der Waals surface area contributed by atoms with Crippen molar-refractivity contribution in [3.05, 3.63) is 35.1 Å². The van der Waals surface area contributed by atoms with Gasteiger partial charge in [-0.2, -0.15) is 0 Å². The van der Waals surface area contributed by atoms with Crippen LogP contribution in [-0.2, 0) is 13.2 Å². The molecule has 0 unspecified atom stereocenters. The van der Waals surface area contributed by atoms with Crippen LogP contribution in [0.25, 0.3) is 0 Å². The van der Waals surface area contributed by atoms with Gasteiger partial charge in [0.2, 0.25) is 0 Å². The van der Waals surface area contributed by atoms with Crippen molar-refractivity contribution in [3.8, 4) is 0 Å². The Morgan fingerprint density at radius 1 is 1.26 bits per heavy atom. The number of aliphatic hydroxyl groups is 1. The van der Waals surface area contributed by atoms with E-state index in [4.69, 9.17) is 5.11 Å². The summed E-state index contributed by atoms with van der Waals surface area (Å²) in [4.78, 5) is 4.37. The SMILES string of the molecule is CCNC(=NCc1ccc(F)c(CO)c1)NCC.I. The Labute approximate surface area is 130 Å². The van der Waals surface area contributed by atoms with Crippen molar-refractivity contribution in [3.63, 3.8) is 0 Å². The van der Waals surface area contributed by atoms with Crippen molar-refractivity contribution in [2.45, 2.75) is 27.0 Å². The molecule has 0 aliphatic rings. The maximum Gasteiger partial charge on any atom is 0.191 e. The van der Waals surface area contributed by atoms with Crippen molar-refractivity contribution < 1.29 is 9.50 Å². The van der Waals surface area contributed by atoms with E-state index in [9.17, 15) is 4.39 Å². The van der Waals surface area contributed by atoms with Crippen molar-refractivity contribution in [2.75, 3.05) is 13.1 Å². The summed E-state index contributed by atoms with van der Waals surface area (Å²) in [5, 5.41) is 15.2. The molecule has 1 aromatic carbocycles. The molecule has 3 N–H and O–H groups in total. The van der Waals surface area contributed by atoms with E-state index in [0.717, 1.165) is 24.6 Å². The summed E-state index contributed by atoms with van der Waals surface area (Å²) < 4.78 is 13.2. The highest BCUT2D eigenvalue weighted by atomic mass is 127. The van der Waals surface area contributed by atoms with Gasteiger partial charge in [-0.05, 0) is 31.5 Å². The third kappa shape index (κ3) is 6.20. The Hall–Kier alpha value is -0.890. The van der Waals surface area contributed by atoms with Gasteiger partial charge < -0.3 is 15.7 Å². The topological polar surface area (TPSA) is 56.7 Å². The van der Waals surface area contributed by atoms with Gasteiger partial charge in [-0.3, -0.25) is 0 Å². The van der Waals surface area contributed by atoms with Crippen LogP contribution in [0.1, 0.15) is 25.0 Å². The molecule has 0 bridgehead atoms. The predicted molar refractivity (Wildman–Crippen MR) is 86.2 cm³/mol. The molecule has 6 heteroatoms. The Kier molecular flexibility index (Phi) is 9.50. The van der Waals surface area contributed by atoms with Crippen LogP contribution in [0.4, 0.5) is 4.39 Å². The number of guanidine groups is 1. The Morgan fingerprint density at radius 3 is 2.42 bits per heavy atom. The van der Waals surface area contributed by atoms with Crippen LogP contribution in [0.5, 0.6) is 0 Å². The van der Waals surface area contributed by atoms with E-state index < -0.39 is 0 Å². The second kappa shape index (κ2) is 9.96. The standard InChI is InChI=1S/C13H20FN3O.HI/c1-3-15-13(16-4-2)17-8-10-5-6-12(14)11(7-10)9-18;/h5-7,18H,3-4,8-9H2,1-2H3,(H2,15,16,17);1H. The van der Waals surface area contributed by atoms with Gasteiger partial charge >= 0.3 is 0 Å². The van der Waals surface area contributed by atoms with Crippen LogP contribution in [-0.4, -0.2) is 24.2 Å². The first-order valence-electron chi connectivity index (χ1n) is 6.11. The number of hydrogen-bond donors (Lipinski definition) is 3. The molecule has 1 rings (SSSR count). The lowest BCUT2D eigenvalue weighted by Crippen LogP contribution is -2.36. The monoisotopic (exact) mass is 381 g/mol. The average molecular weight is 381 g/mol. The van der Waals surface area contributed by atoms with Crippen molar-refractivity contribution in [1.82, 2.24) is 10.6 Å². The lowest BCUT2D eigenvalue weighted by atomic mass is 10.1. The number of aliphatic hydroxyl groups excluding tert-OH is 1. The molecular weight excluding hydrogens is 360 g/mol. The van der Waals surface area contributed by atoms with Crippen LogP contribution in [0.2, 0.25) is 0 Å². The van der Waals surface area contributed by atoms with E-state index in [1.54, 1.807) is 12.1 Å². The summed E-state index contributed by atoms with van der Waals surface area (Å²) in [6, 6.07) is 4.67. The van der Waals surface area contributed by atoms with Gasteiger partial charge in [0.15, 0.2) is 5.96 Å². The summed E-state index contributed by atoms with van der Waals surface area (Å²) >= 11 is 0. The molecule has 4 nitrogen and oxygen atoms in total. The zero-order valence-electron chi connectivity index (χ0n) is 11.2. The summed E-state index contributed by atoms with van der Waals surface area (Å²) in [6.45, 7) is 5.72. The number of nitrogens with zero attached hydrogens (tertiary/aromatic N) is 1. The minimum atomic E-state index is -0.385. The van der Waals surface area contributed by atoms with Crippen LogP contribution >= 0.6 is 24.0 Å². The first kappa shape index (κ1) is 18.1. The molecule has 0 fully saturated rings. The average Bonchev–Trinajstić information content (AvgIpc) is 2.38. The van der Waals surface area contributed by atoms with Gasteiger partial charge in [0.05, 0.1) is 13.2 Å². The number of benzene rings is 1. The molecule has 108 valence electrons. The number of aliphatic imine (C=N–C) groups is 1. The number of nitrogens with one attached hydrogen (secondary N) is 2. The van der Waals surface area contributed by atoms with Crippen LogP contribution in [0.15, 0.2) is 23.2 Å². The van der Waals surface area contributed by atoms with Crippen molar-refractivity contribution >= 4 is 29.9 Å². The molecule has 0 aliphatic carbocycles. The molecule has 0 heterocycles. The molecule has 19 heavy (non-hydrogen) atoms. The minimum absolute atomic E-state index is 0. The fraction of sp³-hybridized carbons (Fsp3) is 0.462. The molecule has 0 aliphatic heterocycles. The third-order valence-electron chi connectivity index (χ3n) is 2.39. The summed E-state index contributed by atoms with van der Waals surface area (Å²) in [5.74, 6) is 0.346. The van der Waals surface area contributed by atoms with Crippen molar-refractivity contribution in [1.29, 1.82) is 0 Å². The van der Waals surface area contributed by atoms with Gasteiger partial charge in [0.1, 0.15) is 5.82 Å². The summed E-state index contributed by atoms with van der Waals surface area (Å²) in [6.07, 6.45) is 0. The second-order valence-electron chi connectivity index (χ2n) is 3.81. The maximum atomic E-state index is 13.2. The predicted octanol–water partition coefficient (Wildman–Crippen LogP) is 2.01. The van der Waals surface area contributed by atoms with Crippen LogP contribution < -0.4 is 10.6 Å². The van der Waals surface area contributed by atoms with Crippen LogP contribution in [0, 0.1) is 5.82 Å². The van der Waals surface area contributed by atoms with Gasteiger partial charge in [0, 0.05) is 18.7 Å². The zero-order valence-corrected chi connectivity index (χ0v) is 13.6. The quantitative estimate of drug-likeness (QED) is 0.416. The Balaban J connectivity index is 0.00000324. The van der Waals surface area contributed by atoms with Gasteiger partial charge in [-0.15, -0.1) is 24.0 Å². The smallest absolute Gasteiger partial charge is 0.191 e. The molecule has 1 aromatic rings. The molecule has 0 saturated carbocycles. The Bertz CT molecular complexity index is 405. The normalized spacial score (nSPS) is 9.47. The molecule has 0 radical (unpaired) electrons. The van der Waals surface area contributed by atoms with E-state index >= 15 is 0 Å². The highest BCUT2D eigenvalue weighted by molar-refractivity contribution is 14.0. The number of halogens is 2. The molecular formula is C13H21FIN3O.